The van der Waals surface area contributed by atoms with Crippen LogP contribution in [-0.4, -0.2) is 17.6 Å². The Kier molecular flexibility index (Phi) is 3.69. The number of methoxy groups -OCH3 is 1. The highest BCUT2D eigenvalue weighted by atomic mass is 16.5. The highest BCUT2D eigenvalue weighted by molar-refractivity contribution is 5.83. The van der Waals surface area contributed by atoms with Crippen LogP contribution in [0.2, 0.25) is 0 Å². The Labute approximate surface area is 111 Å². The van der Waals surface area contributed by atoms with Gasteiger partial charge in [0.05, 0.1) is 18.5 Å². The van der Waals surface area contributed by atoms with E-state index in [1.807, 2.05) is 31.2 Å². The Balaban J connectivity index is 2.70. The van der Waals surface area contributed by atoms with Crippen molar-refractivity contribution in [3.8, 4) is 0 Å². The van der Waals surface area contributed by atoms with Gasteiger partial charge in [0.2, 0.25) is 0 Å². The van der Waals surface area contributed by atoms with E-state index >= 15 is 0 Å². The number of para-hydroxylation sites is 1. The zero-order valence-corrected chi connectivity index (χ0v) is 11.3. The molecule has 4 nitrogen and oxygen atoms in total. The van der Waals surface area contributed by atoms with Crippen molar-refractivity contribution in [1.82, 2.24) is 4.57 Å². The van der Waals surface area contributed by atoms with E-state index in [4.69, 9.17) is 4.74 Å². The molecule has 0 radical (unpaired) electrons. The van der Waals surface area contributed by atoms with Crippen LogP contribution in [0.1, 0.15) is 24.8 Å². The minimum Gasteiger partial charge on any atom is -0.469 e. The number of esters is 1. The number of aryl methyl sites for hydroxylation is 1. The Morgan fingerprint density at radius 3 is 2.68 bits per heavy atom. The van der Waals surface area contributed by atoms with Gasteiger partial charge in [-0.25, -0.2) is 0 Å². The number of carbonyl (C=O) groups is 1. The standard InChI is InChI=1S/C15H17NO3/c1-4-11(15(18)19-3)12-9-10-7-5-6-8-13(10)16(2)14(12)17/h5-9,11H,4H2,1-3H3. The lowest BCUT2D eigenvalue weighted by Gasteiger charge is -2.14. The normalized spacial score (nSPS) is 12.4. The summed E-state index contributed by atoms with van der Waals surface area (Å²) in [7, 11) is 3.06. The second-order valence-electron chi connectivity index (χ2n) is 4.51. The number of hydrogen-bond donors (Lipinski definition) is 0. The lowest BCUT2D eigenvalue weighted by Crippen LogP contribution is -2.27. The average Bonchev–Trinajstić information content (AvgIpc) is 2.44. The molecule has 1 aromatic carbocycles. The van der Waals surface area contributed by atoms with Gasteiger partial charge >= 0.3 is 5.97 Å². The van der Waals surface area contributed by atoms with Gasteiger partial charge in [-0.15, -0.1) is 0 Å². The minimum absolute atomic E-state index is 0.143. The summed E-state index contributed by atoms with van der Waals surface area (Å²) in [5.41, 5.74) is 1.21. The molecule has 2 rings (SSSR count). The van der Waals surface area contributed by atoms with E-state index < -0.39 is 5.92 Å². The van der Waals surface area contributed by atoms with Crippen molar-refractivity contribution >= 4 is 16.9 Å². The van der Waals surface area contributed by atoms with E-state index in [0.717, 1.165) is 10.9 Å². The van der Waals surface area contributed by atoms with Crippen molar-refractivity contribution < 1.29 is 9.53 Å². The van der Waals surface area contributed by atoms with Crippen molar-refractivity contribution in [1.29, 1.82) is 0 Å². The fourth-order valence-corrected chi connectivity index (χ4v) is 2.35. The number of pyridine rings is 1. The molecule has 0 fully saturated rings. The first-order valence-corrected chi connectivity index (χ1v) is 6.26. The molecule has 0 amide bonds. The van der Waals surface area contributed by atoms with Crippen molar-refractivity contribution in [2.24, 2.45) is 7.05 Å². The summed E-state index contributed by atoms with van der Waals surface area (Å²) in [6.07, 6.45) is 0.542. The molecule has 0 aliphatic rings. The highest BCUT2D eigenvalue weighted by Crippen LogP contribution is 2.21. The second-order valence-corrected chi connectivity index (χ2v) is 4.51. The fourth-order valence-electron chi connectivity index (χ4n) is 2.35. The van der Waals surface area contributed by atoms with Gasteiger partial charge in [-0.3, -0.25) is 9.59 Å². The van der Waals surface area contributed by atoms with Crippen LogP contribution in [0.3, 0.4) is 0 Å². The molecule has 0 N–H and O–H groups in total. The van der Waals surface area contributed by atoms with Gasteiger partial charge in [-0.2, -0.15) is 0 Å². The Hall–Kier alpha value is -2.10. The van der Waals surface area contributed by atoms with Gasteiger partial charge in [0, 0.05) is 12.6 Å². The molecule has 2 aromatic rings. The molecule has 1 atom stereocenters. The van der Waals surface area contributed by atoms with Crippen LogP contribution in [0.25, 0.3) is 10.9 Å². The van der Waals surface area contributed by atoms with Crippen LogP contribution < -0.4 is 5.56 Å². The molecular weight excluding hydrogens is 242 g/mol. The zero-order valence-electron chi connectivity index (χ0n) is 11.3. The summed E-state index contributed by atoms with van der Waals surface area (Å²) in [6, 6.07) is 9.42. The average molecular weight is 259 g/mol. The first-order chi connectivity index (χ1) is 9.10. The van der Waals surface area contributed by atoms with Crippen LogP contribution in [0, 0.1) is 0 Å². The zero-order chi connectivity index (χ0) is 14.0. The molecule has 19 heavy (non-hydrogen) atoms. The summed E-state index contributed by atoms with van der Waals surface area (Å²) >= 11 is 0. The molecular formula is C15H17NO3. The number of nitrogens with zero attached hydrogens (tertiary/aromatic N) is 1. The van der Waals surface area contributed by atoms with Crippen LogP contribution in [0.4, 0.5) is 0 Å². The summed E-state index contributed by atoms with van der Waals surface area (Å²) in [5.74, 6) is -0.872. The quantitative estimate of drug-likeness (QED) is 0.794. The third-order valence-electron chi connectivity index (χ3n) is 3.43. The third kappa shape index (κ3) is 2.26. The topological polar surface area (TPSA) is 48.3 Å². The van der Waals surface area contributed by atoms with Crippen molar-refractivity contribution in [2.45, 2.75) is 19.3 Å². The van der Waals surface area contributed by atoms with Crippen molar-refractivity contribution in [2.75, 3.05) is 7.11 Å². The largest absolute Gasteiger partial charge is 0.469 e. The maximum atomic E-state index is 12.4. The molecule has 1 heterocycles. The van der Waals surface area contributed by atoms with Crippen molar-refractivity contribution in [3.63, 3.8) is 0 Å². The molecule has 100 valence electrons. The van der Waals surface area contributed by atoms with Crippen LogP contribution in [-0.2, 0) is 16.6 Å². The number of rotatable bonds is 3. The molecule has 0 aliphatic carbocycles. The first kappa shape index (κ1) is 13.3. The molecule has 0 bridgehead atoms. The minimum atomic E-state index is -0.506. The van der Waals surface area contributed by atoms with Gasteiger partial charge in [0.1, 0.15) is 0 Å². The summed E-state index contributed by atoms with van der Waals surface area (Å²) < 4.78 is 6.36. The number of benzene rings is 1. The van der Waals surface area contributed by atoms with E-state index in [9.17, 15) is 9.59 Å². The molecule has 1 aromatic heterocycles. The summed E-state index contributed by atoms with van der Waals surface area (Å²) in [4.78, 5) is 24.1. The number of hydrogen-bond acceptors (Lipinski definition) is 3. The third-order valence-corrected chi connectivity index (χ3v) is 3.43. The van der Waals surface area contributed by atoms with Gasteiger partial charge in [0.15, 0.2) is 0 Å². The molecule has 1 unspecified atom stereocenters. The van der Waals surface area contributed by atoms with E-state index in [0.29, 0.717) is 12.0 Å². The Morgan fingerprint density at radius 1 is 1.37 bits per heavy atom. The van der Waals surface area contributed by atoms with Crippen LogP contribution >= 0.6 is 0 Å². The van der Waals surface area contributed by atoms with E-state index in [-0.39, 0.29) is 11.5 Å². The first-order valence-electron chi connectivity index (χ1n) is 6.26. The fraction of sp³-hybridized carbons (Fsp3) is 0.333. The molecule has 0 aliphatic heterocycles. The van der Waals surface area contributed by atoms with Crippen LogP contribution in [0.15, 0.2) is 35.1 Å². The smallest absolute Gasteiger partial charge is 0.313 e. The molecule has 0 spiro atoms. The predicted octanol–water partition coefficient (Wildman–Crippen LogP) is 2.21. The number of aromatic nitrogens is 1. The summed E-state index contributed by atoms with van der Waals surface area (Å²) in [5, 5.41) is 0.946. The number of fused-ring (bicyclic) bond motifs is 1. The number of ether oxygens (including phenoxy) is 1. The van der Waals surface area contributed by atoms with Gasteiger partial charge in [-0.05, 0) is 23.9 Å². The number of carbonyl (C=O) groups excluding carboxylic acids is 1. The Bertz CT molecular complexity index is 673. The SMILES string of the molecule is CCC(C(=O)OC)c1cc2ccccc2n(C)c1=O. The van der Waals surface area contributed by atoms with Gasteiger partial charge < -0.3 is 9.30 Å². The lowest BCUT2D eigenvalue weighted by molar-refractivity contribution is -0.142. The Morgan fingerprint density at radius 2 is 2.05 bits per heavy atom. The van der Waals surface area contributed by atoms with Gasteiger partial charge in [-0.1, -0.05) is 25.1 Å². The lowest BCUT2D eigenvalue weighted by atomic mass is 9.96. The molecule has 0 saturated carbocycles. The van der Waals surface area contributed by atoms with Gasteiger partial charge in [0.25, 0.3) is 5.56 Å². The maximum Gasteiger partial charge on any atom is 0.313 e. The predicted molar refractivity (Wildman–Crippen MR) is 74.2 cm³/mol. The second kappa shape index (κ2) is 5.26. The maximum absolute atomic E-state index is 12.4. The molecule has 4 heteroatoms. The highest BCUT2D eigenvalue weighted by Gasteiger charge is 2.23. The van der Waals surface area contributed by atoms with E-state index in [2.05, 4.69) is 0 Å². The summed E-state index contributed by atoms with van der Waals surface area (Å²) in [6.45, 7) is 1.87. The van der Waals surface area contributed by atoms with E-state index in [1.54, 1.807) is 17.7 Å². The van der Waals surface area contributed by atoms with Crippen LogP contribution in [0.5, 0.6) is 0 Å². The van der Waals surface area contributed by atoms with Crippen molar-refractivity contribution in [3.05, 3.63) is 46.2 Å². The monoisotopic (exact) mass is 259 g/mol. The van der Waals surface area contributed by atoms with E-state index in [1.165, 1.54) is 7.11 Å². The molecule has 0 saturated heterocycles.